The summed E-state index contributed by atoms with van der Waals surface area (Å²) in [5, 5.41) is 0. The van der Waals surface area contributed by atoms with Gasteiger partial charge >= 0.3 is 61.5 Å². The second-order valence-corrected chi connectivity index (χ2v) is 4.33. The van der Waals surface area contributed by atoms with Gasteiger partial charge in [0.15, 0.2) is 0 Å². The van der Waals surface area contributed by atoms with Gasteiger partial charge in [0.2, 0.25) is 0 Å². The summed E-state index contributed by atoms with van der Waals surface area (Å²) in [4.78, 5) is 42.3. The minimum Gasteiger partial charge on any atom is -0.393 e. The lowest BCUT2D eigenvalue weighted by Gasteiger charge is -2.24. The molecular formula is C10H2F12O9. The van der Waals surface area contributed by atoms with E-state index in [4.69, 9.17) is 0 Å². The molecule has 0 N–H and O–H groups in total. The number of carbonyl (C=O) groups is 4. The molecule has 0 rings (SSSR count). The third kappa shape index (κ3) is 10.0. The van der Waals surface area contributed by atoms with E-state index in [9.17, 15) is 71.9 Å². The van der Waals surface area contributed by atoms with Crippen molar-refractivity contribution in [2.24, 2.45) is 0 Å². The number of alkyl halides is 12. The molecule has 0 amide bonds. The van der Waals surface area contributed by atoms with Crippen LogP contribution in [0.3, 0.4) is 0 Å². The maximum atomic E-state index is 12.1. The molecule has 0 aromatic heterocycles. The molecule has 0 aliphatic heterocycles. The minimum atomic E-state index is -6.09. The molecule has 0 aromatic carbocycles. The molecule has 0 bridgehead atoms. The van der Waals surface area contributed by atoms with Gasteiger partial charge in [-0.3, -0.25) is 0 Å². The highest BCUT2D eigenvalue weighted by Gasteiger charge is 2.50. The van der Waals surface area contributed by atoms with Crippen molar-refractivity contribution in [3.63, 3.8) is 0 Å². The molecule has 0 radical (unpaired) electrons. The van der Waals surface area contributed by atoms with Crippen LogP contribution < -0.4 is 0 Å². The van der Waals surface area contributed by atoms with E-state index in [0.717, 1.165) is 0 Å². The fourth-order valence-corrected chi connectivity index (χ4v) is 0.867. The third-order valence-corrected chi connectivity index (χ3v) is 1.96. The van der Waals surface area contributed by atoms with E-state index in [1.54, 1.807) is 0 Å². The van der Waals surface area contributed by atoms with Crippen molar-refractivity contribution in [2.45, 2.75) is 37.7 Å². The minimum absolute atomic E-state index is 2.97. The molecule has 0 aliphatic rings. The summed E-state index contributed by atoms with van der Waals surface area (Å²) in [6.07, 6.45) is -24.4. The Kier molecular flexibility index (Phi) is 8.52. The van der Waals surface area contributed by atoms with Crippen LogP contribution in [0.25, 0.3) is 0 Å². The number of ether oxygens (including phenoxy) is 5. The topological polar surface area (TPSA) is 114 Å². The van der Waals surface area contributed by atoms with Gasteiger partial charge in [-0.15, -0.1) is 0 Å². The summed E-state index contributed by atoms with van der Waals surface area (Å²) in [5.74, 6) is -14.2. The molecule has 21 heteroatoms. The van der Waals surface area contributed by atoms with E-state index in [-0.39, 0.29) is 0 Å². The second-order valence-electron chi connectivity index (χ2n) is 4.33. The van der Waals surface area contributed by atoms with E-state index in [1.807, 2.05) is 0 Å². The molecule has 0 atom stereocenters. The number of carbonyl (C=O) groups excluding carboxylic acids is 4. The first-order chi connectivity index (χ1) is 13.5. The monoisotopic (exact) mass is 494 g/mol. The Morgan fingerprint density at radius 3 is 0.710 bits per heavy atom. The maximum Gasteiger partial charge on any atom is 0.491 e. The number of rotatable bonds is 6. The fourth-order valence-electron chi connectivity index (χ4n) is 0.867. The van der Waals surface area contributed by atoms with Crippen LogP contribution >= 0.6 is 0 Å². The third-order valence-electron chi connectivity index (χ3n) is 1.96. The van der Waals surface area contributed by atoms with E-state index in [1.165, 1.54) is 0 Å². The van der Waals surface area contributed by atoms with Gasteiger partial charge in [0.25, 0.3) is 0 Å². The van der Waals surface area contributed by atoms with Crippen LogP contribution in [0.15, 0.2) is 0 Å². The van der Waals surface area contributed by atoms with E-state index in [0.29, 0.717) is 0 Å². The van der Waals surface area contributed by atoms with Crippen LogP contribution in [-0.4, -0.2) is 61.5 Å². The van der Waals surface area contributed by atoms with Gasteiger partial charge in [0.05, 0.1) is 0 Å². The van der Waals surface area contributed by atoms with Crippen LogP contribution in [0.1, 0.15) is 0 Å². The molecule has 0 heterocycles. The summed E-state index contributed by atoms with van der Waals surface area (Å²) in [5.41, 5.74) is 0. The summed E-state index contributed by atoms with van der Waals surface area (Å²) in [6.45, 7) is -8.18. The highest BCUT2D eigenvalue weighted by atomic mass is 19.4. The average molecular weight is 494 g/mol. The standard InChI is InChI=1S/C10H2F12O9/c11-7(12,13)1(23)27-5(28-2(24)8(14,15)16)31-6(29-3(25)9(17,18)19)30-4(26)10(20,21)22/h5-6H. The largest absolute Gasteiger partial charge is 0.491 e. The Balaban J connectivity index is 5.84. The zero-order valence-corrected chi connectivity index (χ0v) is 13.4. The van der Waals surface area contributed by atoms with Gasteiger partial charge in [-0.2, -0.15) is 52.7 Å². The Hall–Kier alpha value is -3.00. The molecular weight excluding hydrogens is 492 g/mol. The maximum absolute atomic E-state index is 12.1. The second kappa shape index (κ2) is 9.43. The average Bonchev–Trinajstić information content (AvgIpc) is 2.50. The first-order valence-electron chi connectivity index (χ1n) is 6.31. The van der Waals surface area contributed by atoms with Gasteiger partial charge < -0.3 is 18.9 Å². The van der Waals surface area contributed by atoms with Crippen LogP contribution in [0, 0.1) is 0 Å². The summed E-state index contributed by atoms with van der Waals surface area (Å²) in [6, 6.07) is 0. The van der Waals surface area contributed by atoms with Crippen molar-refractivity contribution in [3.05, 3.63) is 0 Å². The van der Waals surface area contributed by atoms with E-state index < -0.39 is 61.5 Å². The summed E-state index contributed by atoms with van der Waals surface area (Å²) in [7, 11) is 0. The van der Waals surface area contributed by atoms with Crippen molar-refractivity contribution < 1.29 is 95.5 Å². The Labute approximate surface area is 158 Å². The summed E-state index contributed by atoms with van der Waals surface area (Å²) >= 11 is 0. The number of esters is 4. The molecule has 0 aromatic rings. The van der Waals surface area contributed by atoms with Gasteiger partial charge in [0.1, 0.15) is 0 Å². The number of halogens is 12. The van der Waals surface area contributed by atoms with E-state index in [2.05, 4.69) is 23.7 Å². The van der Waals surface area contributed by atoms with Crippen molar-refractivity contribution >= 4 is 23.9 Å². The summed E-state index contributed by atoms with van der Waals surface area (Å²) < 4.78 is 160. The molecule has 0 aliphatic carbocycles. The quantitative estimate of drug-likeness (QED) is 0.311. The predicted octanol–water partition coefficient (Wildman–Crippen LogP) is 1.99. The molecule has 0 fully saturated rings. The van der Waals surface area contributed by atoms with Gasteiger partial charge in [-0.05, 0) is 0 Å². The lowest BCUT2D eigenvalue weighted by molar-refractivity contribution is -0.377. The lowest BCUT2D eigenvalue weighted by Crippen LogP contribution is -2.43. The van der Waals surface area contributed by atoms with Crippen molar-refractivity contribution in [2.75, 3.05) is 0 Å². The highest BCUT2D eigenvalue weighted by molar-refractivity contribution is 5.78. The van der Waals surface area contributed by atoms with Crippen molar-refractivity contribution in [1.82, 2.24) is 0 Å². The smallest absolute Gasteiger partial charge is 0.393 e. The Bertz CT molecular complexity index is 575. The fraction of sp³-hybridized carbons (Fsp3) is 0.600. The molecule has 0 unspecified atom stereocenters. The Morgan fingerprint density at radius 2 is 0.581 bits per heavy atom. The normalized spacial score (nSPS) is 13.1. The van der Waals surface area contributed by atoms with Crippen LogP contribution in [-0.2, 0) is 42.9 Å². The first kappa shape index (κ1) is 28.0. The number of hydrogen-bond donors (Lipinski definition) is 0. The van der Waals surface area contributed by atoms with Crippen molar-refractivity contribution in [3.8, 4) is 0 Å². The Morgan fingerprint density at radius 1 is 0.419 bits per heavy atom. The molecule has 0 saturated heterocycles. The van der Waals surface area contributed by atoms with Crippen LogP contribution in [0.5, 0.6) is 0 Å². The molecule has 0 saturated carbocycles. The number of hydrogen-bond acceptors (Lipinski definition) is 9. The molecule has 0 spiro atoms. The SMILES string of the molecule is O=C(OC(OC(=O)C(F)(F)F)OC(OC(=O)C(F)(F)F)OC(=O)C(F)(F)F)C(F)(F)F. The van der Waals surface area contributed by atoms with Gasteiger partial charge in [-0.25, -0.2) is 23.9 Å². The van der Waals surface area contributed by atoms with E-state index >= 15 is 0 Å². The highest BCUT2D eigenvalue weighted by Crippen LogP contribution is 2.25. The first-order valence-corrected chi connectivity index (χ1v) is 6.31. The van der Waals surface area contributed by atoms with Gasteiger partial charge in [0, 0.05) is 0 Å². The van der Waals surface area contributed by atoms with Crippen LogP contribution in [0.2, 0.25) is 0 Å². The zero-order valence-electron chi connectivity index (χ0n) is 13.4. The van der Waals surface area contributed by atoms with Crippen LogP contribution in [0.4, 0.5) is 52.7 Å². The van der Waals surface area contributed by atoms with Crippen molar-refractivity contribution in [1.29, 1.82) is 0 Å². The predicted molar refractivity (Wildman–Crippen MR) is 57.2 cm³/mol. The molecule has 9 nitrogen and oxygen atoms in total. The zero-order chi connectivity index (χ0) is 25.0. The van der Waals surface area contributed by atoms with Gasteiger partial charge in [-0.1, -0.05) is 0 Å². The molecule has 31 heavy (non-hydrogen) atoms. The lowest BCUT2D eigenvalue weighted by atomic mass is 10.6. The molecule has 180 valence electrons.